The van der Waals surface area contributed by atoms with E-state index in [0.717, 1.165) is 21.8 Å². The molecule has 0 aliphatic heterocycles. The third-order valence-corrected chi connectivity index (χ3v) is 4.71. The largest absolute Gasteiger partial charge is 0.497 e. The summed E-state index contributed by atoms with van der Waals surface area (Å²) in [5.74, 6) is 0.912. The summed E-state index contributed by atoms with van der Waals surface area (Å²) in [6.45, 7) is 6.72. The Bertz CT molecular complexity index is 621. The molecular formula is C17H21NO2S. The van der Waals surface area contributed by atoms with Gasteiger partial charge in [-0.2, -0.15) is 0 Å². The van der Waals surface area contributed by atoms with E-state index in [2.05, 4.69) is 6.92 Å². The summed E-state index contributed by atoms with van der Waals surface area (Å²) in [6.07, 6.45) is 0. The SMILES string of the molecule is CCN(C(=O)c1sccc1C)C(C)c1cccc(OC)c1. The van der Waals surface area contributed by atoms with E-state index in [1.165, 1.54) is 11.3 Å². The predicted molar refractivity (Wildman–Crippen MR) is 87.2 cm³/mol. The normalized spacial score (nSPS) is 12.0. The third-order valence-electron chi connectivity index (χ3n) is 3.70. The average molecular weight is 303 g/mol. The Labute approximate surface area is 130 Å². The van der Waals surface area contributed by atoms with Crippen molar-refractivity contribution in [1.82, 2.24) is 4.90 Å². The van der Waals surface area contributed by atoms with Crippen molar-refractivity contribution in [3.05, 3.63) is 51.7 Å². The molecule has 1 heterocycles. The fraction of sp³-hybridized carbons (Fsp3) is 0.353. The van der Waals surface area contributed by atoms with Crippen LogP contribution < -0.4 is 4.74 Å². The number of thiophene rings is 1. The molecule has 1 aromatic carbocycles. The smallest absolute Gasteiger partial charge is 0.264 e. The van der Waals surface area contributed by atoms with Crippen LogP contribution in [0.25, 0.3) is 0 Å². The van der Waals surface area contributed by atoms with E-state index in [1.54, 1.807) is 7.11 Å². The average Bonchev–Trinajstić information content (AvgIpc) is 2.94. The number of methoxy groups -OCH3 is 1. The maximum atomic E-state index is 12.7. The van der Waals surface area contributed by atoms with E-state index < -0.39 is 0 Å². The van der Waals surface area contributed by atoms with Crippen LogP contribution in [0.15, 0.2) is 35.7 Å². The van der Waals surface area contributed by atoms with Crippen LogP contribution in [0.5, 0.6) is 5.75 Å². The second-order valence-electron chi connectivity index (χ2n) is 4.98. The van der Waals surface area contributed by atoms with E-state index in [4.69, 9.17) is 4.74 Å². The number of benzene rings is 1. The minimum Gasteiger partial charge on any atom is -0.497 e. The lowest BCUT2D eigenvalue weighted by molar-refractivity contribution is 0.0706. The molecule has 4 heteroatoms. The van der Waals surface area contributed by atoms with Gasteiger partial charge in [-0.3, -0.25) is 4.79 Å². The number of rotatable bonds is 5. The number of ether oxygens (including phenoxy) is 1. The van der Waals surface area contributed by atoms with Crippen molar-refractivity contribution in [2.45, 2.75) is 26.8 Å². The zero-order chi connectivity index (χ0) is 15.4. The Balaban J connectivity index is 2.28. The number of carbonyl (C=O) groups excluding carboxylic acids is 1. The third kappa shape index (κ3) is 3.27. The summed E-state index contributed by atoms with van der Waals surface area (Å²) >= 11 is 1.51. The molecular weight excluding hydrogens is 282 g/mol. The lowest BCUT2D eigenvalue weighted by Crippen LogP contribution is -2.33. The van der Waals surface area contributed by atoms with Crippen LogP contribution in [0, 0.1) is 6.92 Å². The van der Waals surface area contributed by atoms with Crippen molar-refractivity contribution in [3.63, 3.8) is 0 Å². The molecule has 2 rings (SSSR count). The summed E-state index contributed by atoms with van der Waals surface area (Å²) in [5, 5.41) is 1.96. The van der Waals surface area contributed by atoms with Crippen LogP contribution >= 0.6 is 11.3 Å². The van der Waals surface area contributed by atoms with Gasteiger partial charge >= 0.3 is 0 Å². The van der Waals surface area contributed by atoms with Gasteiger partial charge < -0.3 is 9.64 Å². The Morgan fingerprint density at radius 1 is 1.38 bits per heavy atom. The van der Waals surface area contributed by atoms with Gasteiger partial charge in [0.15, 0.2) is 0 Å². The molecule has 3 nitrogen and oxygen atoms in total. The van der Waals surface area contributed by atoms with E-state index in [0.29, 0.717) is 6.54 Å². The number of aryl methyl sites for hydroxylation is 1. The highest BCUT2D eigenvalue weighted by Gasteiger charge is 2.23. The molecule has 0 spiro atoms. The van der Waals surface area contributed by atoms with Crippen LogP contribution in [-0.2, 0) is 0 Å². The van der Waals surface area contributed by atoms with Gasteiger partial charge in [-0.25, -0.2) is 0 Å². The zero-order valence-electron chi connectivity index (χ0n) is 12.9. The summed E-state index contributed by atoms with van der Waals surface area (Å²) < 4.78 is 5.27. The van der Waals surface area contributed by atoms with Crippen molar-refractivity contribution in [2.75, 3.05) is 13.7 Å². The highest BCUT2D eigenvalue weighted by Crippen LogP contribution is 2.27. The first-order valence-corrected chi connectivity index (χ1v) is 7.95. The number of hydrogen-bond donors (Lipinski definition) is 0. The fourth-order valence-corrected chi connectivity index (χ4v) is 3.28. The van der Waals surface area contributed by atoms with Gasteiger partial charge in [0.25, 0.3) is 5.91 Å². The summed E-state index contributed by atoms with van der Waals surface area (Å²) in [6, 6.07) is 9.89. The molecule has 21 heavy (non-hydrogen) atoms. The molecule has 0 radical (unpaired) electrons. The second-order valence-corrected chi connectivity index (χ2v) is 5.89. The van der Waals surface area contributed by atoms with Crippen molar-refractivity contribution in [1.29, 1.82) is 0 Å². The Morgan fingerprint density at radius 3 is 2.71 bits per heavy atom. The fourth-order valence-electron chi connectivity index (χ4n) is 2.40. The first-order valence-electron chi connectivity index (χ1n) is 7.07. The van der Waals surface area contributed by atoms with Gasteiger partial charge in [-0.1, -0.05) is 12.1 Å². The molecule has 0 aliphatic carbocycles. The maximum Gasteiger partial charge on any atom is 0.264 e. The predicted octanol–water partition coefficient (Wildman–Crippen LogP) is 4.29. The quantitative estimate of drug-likeness (QED) is 0.824. The molecule has 0 fully saturated rings. The lowest BCUT2D eigenvalue weighted by Gasteiger charge is -2.28. The summed E-state index contributed by atoms with van der Waals surface area (Å²) in [7, 11) is 1.65. The topological polar surface area (TPSA) is 29.5 Å². The van der Waals surface area contributed by atoms with E-state index >= 15 is 0 Å². The molecule has 0 saturated carbocycles. The minimum absolute atomic E-state index is 0.0131. The highest BCUT2D eigenvalue weighted by molar-refractivity contribution is 7.12. The van der Waals surface area contributed by atoms with Gasteiger partial charge in [0.2, 0.25) is 0 Å². The molecule has 0 saturated heterocycles. The van der Waals surface area contributed by atoms with E-state index in [-0.39, 0.29) is 11.9 Å². The minimum atomic E-state index is 0.0131. The van der Waals surface area contributed by atoms with Crippen LogP contribution in [0.4, 0.5) is 0 Å². The van der Waals surface area contributed by atoms with Crippen molar-refractivity contribution in [3.8, 4) is 5.75 Å². The highest BCUT2D eigenvalue weighted by atomic mass is 32.1. The summed E-state index contributed by atoms with van der Waals surface area (Å²) in [5.41, 5.74) is 2.13. The Morgan fingerprint density at radius 2 is 2.14 bits per heavy atom. The van der Waals surface area contributed by atoms with Crippen LogP contribution in [0.2, 0.25) is 0 Å². The molecule has 112 valence electrons. The van der Waals surface area contributed by atoms with E-state index in [1.807, 2.05) is 54.5 Å². The van der Waals surface area contributed by atoms with Gasteiger partial charge in [0.05, 0.1) is 18.0 Å². The van der Waals surface area contributed by atoms with Crippen LogP contribution in [0.3, 0.4) is 0 Å². The molecule has 0 aliphatic rings. The standard InChI is InChI=1S/C17H21NO2S/c1-5-18(17(19)16-12(2)9-10-21-16)13(3)14-7-6-8-15(11-14)20-4/h6-11,13H,5H2,1-4H3. The first kappa shape index (κ1) is 15.6. The Kier molecular flexibility index (Phi) is 5.02. The van der Waals surface area contributed by atoms with E-state index in [9.17, 15) is 4.79 Å². The lowest BCUT2D eigenvalue weighted by atomic mass is 10.1. The molecule has 0 N–H and O–H groups in total. The number of carbonyl (C=O) groups is 1. The van der Waals surface area contributed by atoms with Gasteiger partial charge in [-0.15, -0.1) is 11.3 Å². The molecule has 1 aromatic heterocycles. The second kappa shape index (κ2) is 6.76. The molecule has 1 atom stereocenters. The van der Waals surface area contributed by atoms with Crippen LogP contribution in [-0.4, -0.2) is 24.5 Å². The first-order chi connectivity index (χ1) is 10.1. The number of amides is 1. The number of hydrogen-bond acceptors (Lipinski definition) is 3. The molecule has 2 aromatic rings. The van der Waals surface area contributed by atoms with Crippen LogP contribution in [0.1, 0.15) is 40.7 Å². The Hall–Kier alpha value is -1.81. The zero-order valence-corrected chi connectivity index (χ0v) is 13.7. The summed E-state index contributed by atoms with van der Waals surface area (Å²) in [4.78, 5) is 15.5. The van der Waals surface area contributed by atoms with Gasteiger partial charge in [0, 0.05) is 6.54 Å². The van der Waals surface area contributed by atoms with Gasteiger partial charge in [-0.05, 0) is 55.5 Å². The van der Waals surface area contributed by atoms with Crippen molar-refractivity contribution >= 4 is 17.2 Å². The molecule has 1 amide bonds. The number of nitrogens with zero attached hydrogens (tertiary/aromatic N) is 1. The van der Waals surface area contributed by atoms with Crippen molar-refractivity contribution < 1.29 is 9.53 Å². The van der Waals surface area contributed by atoms with Gasteiger partial charge in [0.1, 0.15) is 5.75 Å². The molecule has 1 unspecified atom stereocenters. The maximum absolute atomic E-state index is 12.7. The molecule has 0 bridgehead atoms. The van der Waals surface area contributed by atoms with Crippen molar-refractivity contribution in [2.24, 2.45) is 0 Å². The monoisotopic (exact) mass is 303 g/mol.